The molecule has 0 radical (unpaired) electrons. The van der Waals surface area contributed by atoms with Crippen LogP contribution in [0.25, 0.3) is 0 Å². The quantitative estimate of drug-likeness (QED) is 0.512. The fraction of sp³-hybridized carbons (Fsp3) is 0.588. The number of benzene rings is 1. The van der Waals surface area contributed by atoms with Gasteiger partial charge in [0.1, 0.15) is 5.75 Å². The molecule has 0 unspecified atom stereocenters. The first-order chi connectivity index (χ1) is 9.66. The Labute approximate surface area is 128 Å². The second-order valence-corrected chi connectivity index (χ2v) is 12.1. The van der Waals surface area contributed by atoms with Crippen molar-refractivity contribution in [2.24, 2.45) is 0 Å². The summed E-state index contributed by atoms with van der Waals surface area (Å²) in [6.07, 6.45) is 0.554. The molecule has 118 valence electrons. The monoisotopic (exact) mass is 310 g/mol. The molecule has 0 atom stereocenters. The van der Waals surface area contributed by atoms with Crippen LogP contribution in [0.5, 0.6) is 5.75 Å². The van der Waals surface area contributed by atoms with E-state index in [0.717, 1.165) is 5.56 Å². The van der Waals surface area contributed by atoms with Crippen LogP contribution in [0, 0.1) is 12.7 Å². The molecule has 0 saturated carbocycles. The standard InChI is InChI=1S/C17H27FO2Si/c1-11(2)21(12(3)4,13(5)6)20-16-9-14(7)8-15(10-19)17(16)18/h8-13H,1-7H3. The predicted octanol–water partition coefficient (Wildman–Crippen LogP) is 5.50. The molecule has 0 aliphatic rings. The van der Waals surface area contributed by atoms with Gasteiger partial charge < -0.3 is 4.43 Å². The van der Waals surface area contributed by atoms with Gasteiger partial charge in [0.15, 0.2) is 12.1 Å². The first-order valence-electron chi connectivity index (χ1n) is 7.61. The molecule has 0 N–H and O–H groups in total. The lowest BCUT2D eigenvalue weighted by molar-refractivity contribution is 0.111. The van der Waals surface area contributed by atoms with Gasteiger partial charge in [-0.1, -0.05) is 41.5 Å². The highest BCUT2D eigenvalue weighted by atomic mass is 28.4. The van der Waals surface area contributed by atoms with Crippen molar-refractivity contribution in [1.82, 2.24) is 0 Å². The number of hydrogen-bond donors (Lipinski definition) is 0. The smallest absolute Gasteiger partial charge is 0.258 e. The SMILES string of the molecule is Cc1cc(C=O)c(F)c(O[Si](C(C)C)(C(C)C)C(C)C)c1. The van der Waals surface area contributed by atoms with Crippen molar-refractivity contribution in [2.45, 2.75) is 65.1 Å². The minimum absolute atomic E-state index is 0.0733. The molecule has 2 nitrogen and oxygen atoms in total. The van der Waals surface area contributed by atoms with E-state index in [9.17, 15) is 9.18 Å². The van der Waals surface area contributed by atoms with E-state index in [1.54, 1.807) is 12.1 Å². The highest BCUT2D eigenvalue weighted by Crippen LogP contribution is 2.43. The fourth-order valence-corrected chi connectivity index (χ4v) is 8.70. The van der Waals surface area contributed by atoms with Crippen LogP contribution in [-0.4, -0.2) is 14.6 Å². The zero-order valence-corrected chi connectivity index (χ0v) is 15.2. The van der Waals surface area contributed by atoms with Crippen LogP contribution >= 0.6 is 0 Å². The van der Waals surface area contributed by atoms with Gasteiger partial charge in [0, 0.05) is 0 Å². The summed E-state index contributed by atoms with van der Waals surface area (Å²) < 4.78 is 20.8. The van der Waals surface area contributed by atoms with Crippen LogP contribution < -0.4 is 4.43 Å². The molecule has 0 spiro atoms. The molecule has 4 heteroatoms. The molecular formula is C17H27FO2Si. The lowest BCUT2D eigenvalue weighted by Crippen LogP contribution is -2.50. The Kier molecular flexibility index (Phi) is 5.73. The fourth-order valence-electron chi connectivity index (χ4n) is 3.47. The van der Waals surface area contributed by atoms with E-state index in [1.807, 2.05) is 6.92 Å². The molecule has 0 aliphatic carbocycles. The molecule has 1 rings (SSSR count). The van der Waals surface area contributed by atoms with Gasteiger partial charge in [-0.25, -0.2) is 4.39 Å². The maximum atomic E-state index is 14.4. The van der Waals surface area contributed by atoms with Gasteiger partial charge in [-0.2, -0.15) is 0 Å². The third-order valence-electron chi connectivity index (χ3n) is 4.33. The average molecular weight is 310 g/mol. The number of aryl methyl sites for hydroxylation is 1. The number of carbonyl (C=O) groups excluding carboxylic acids is 1. The zero-order chi connectivity index (χ0) is 16.4. The summed E-state index contributed by atoms with van der Waals surface area (Å²) in [5, 5.41) is 0. The van der Waals surface area contributed by atoms with Gasteiger partial charge in [-0.3, -0.25) is 4.79 Å². The Morgan fingerprint density at radius 1 is 1.05 bits per heavy atom. The maximum Gasteiger partial charge on any atom is 0.258 e. The van der Waals surface area contributed by atoms with Crippen LogP contribution in [0.1, 0.15) is 57.5 Å². The largest absolute Gasteiger partial charge is 0.541 e. The average Bonchev–Trinajstić information content (AvgIpc) is 2.37. The Morgan fingerprint density at radius 3 is 1.90 bits per heavy atom. The van der Waals surface area contributed by atoms with Gasteiger partial charge in [-0.15, -0.1) is 0 Å². The van der Waals surface area contributed by atoms with Crippen LogP contribution in [0.2, 0.25) is 16.6 Å². The topological polar surface area (TPSA) is 26.3 Å². The van der Waals surface area contributed by atoms with Crippen molar-refractivity contribution in [3.8, 4) is 5.75 Å². The molecule has 1 aromatic carbocycles. The third kappa shape index (κ3) is 3.36. The molecule has 0 fully saturated rings. The number of carbonyl (C=O) groups is 1. The number of rotatable bonds is 6. The highest BCUT2D eigenvalue weighted by molar-refractivity contribution is 6.78. The summed E-state index contributed by atoms with van der Waals surface area (Å²) >= 11 is 0. The number of hydrogen-bond acceptors (Lipinski definition) is 2. The van der Waals surface area contributed by atoms with Crippen molar-refractivity contribution in [1.29, 1.82) is 0 Å². The predicted molar refractivity (Wildman–Crippen MR) is 88.2 cm³/mol. The summed E-state index contributed by atoms with van der Waals surface area (Å²) in [5.41, 5.74) is 1.99. The van der Waals surface area contributed by atoms with E-state index in [4.69, 9.17) is 4.43 Å². The minimum atomic E-state index is -2.21. The van der Waals surface area contributed by atoms with Crippen LogP contribution in [0.15, 0.2) is 12.1 Å². The van der Waals surface area contributed by atoms with E-state index in [1.165, 1.54) is 0 Å². The summed E-state index contributed by atoms with van der Waals surface area (Å²) in [6, 6.07) is 3.26. The first kappa shape index (κ1) is 17.9. The van der Waals surface area contributed by atoms with E-state index in [0.29, 0.717) is 22.9 Å². The lowest BCUT2D eigenvalue weighted by atomic mass is 10.1. The first-order valence-corrected chi connectivity index (χ1v) is 9.75. The Hall–Kier alpha value is -1.16. The Bertz CT molecular complexity index is 488. The minimum Gasteiger partial charge on any atom is -0.541 e. The second-order valence-electron chi connectivity index (χ2n) is 6.70. The van der Waals surface area contributed by atoms with Crippen molar-refractivity contribution in [2.75, 3.05) is 0 Å². The molecular weight excluding hydrogens is 283 g/mol. The van der Waals surface area contributed by atoms with Crippen molar-refractivity contribution >= 4 is 14.6 Å². The molecule has 0 saturated heterocycles. The van der Waals surface area contributed by atoms with E-state index < -0.39 is 14.1 Å². The van der Waals surface area contributed by atoms with E-state index in [2.05, 4.69) is 41.5 Å². The van der Waals surface area contributed by atoms with Crippen LogP contribution in [-0.2, 0) is 0 Å². The van der Waals surface area contributed by atoms with E-state index >= 15 is 0 Å². The second kappa shape index (κ2) is 6.73. The van der Waals surface area contributed by atoms with Gasteiger partial charge in [0.25, 0.3) is 8.32 Å². The molecule has 21 heavy (non-hydrogen) atoms. The Morgan fingerprint density at radius 2 is 1.52 bits per heavy atom. The van der Waals surface area contributed by atoms with Crippen LogP contribution in [0.3, 0.4) is 0 Å². The maximum absolute atomic E-state index is 14.4. The Balaban J connectivity index is 3.40. The van der Waals surface area contributed by atoms with Gasteiger partial charge in [-0.05, 0) is 41.2 Å². The van der Waals surface area contributed by atoms with Crippen molar-refractivity contribution in [3.63, 3.8) is 0 Å². The third-order valence-corrected chi connectivity index (χ3v) is 10.3. The lowest BCUT2D eigenvalue weighted by Gasteiger charge is -2.42. The van der Waals surface area contributed by atoms with Crippen LogP contribution in [0.4, 0.5) is 4.39 Å². The van der Waals surface area contributed by atoms with Crippen molar-refractivity contribution in [3.05, 3.63) is 29.1 Å². The van der Waals surface area contributed by atoms with Gasteiger partial charge >= 0.3 is 0 Å². The van der Waals surface area contributed by atoms with Crippen molar-refractivity contribution < 1.29 is 13.6 Å². The number of halogens is 1. The zero-order valence-electron chi connectivity index (χ0n) is 14.2. The molecule has 0 aliphatic heterocycles. The summed E-state index contributed by atoms with van der Waals surface area (Å²) in [6.45, 7) is 14.8. The molecule has 0 aromatic heterocycles. The van der Waals surface area contributed by atoms with E-state index in [-0.39, 0.29) is 11.3 Å². The summed E-state index contributed by atoms with van der Waals surface area (Å²) in [4.78, 5) is 11.0. The summed E-state index contributed by atoms with van der Waals surface area (Å²) in [7, 11) is -2.21. The van der Waals surface area contributed by atoms with Gasteiger partial charge in [0.2, 0.25) is 0 Å². The normalized spacial score (nSPS) is 12.3. The summed E-state index contributed by atoms with van der Waals surface area (Å²) in [5.74, 6) is -0.297. The molecule has 0 heterocycles. The number of aldehydes is 1. The molecule has 0 amide bonds. The molecule has 1 aromatic rings. The molecule has 0 bridgehead atoms. The highest BCUT2D eigenvalue weighted by Gasteiger charge is 2.47. The van der Waals surface area contributed by atoms with Gasteiger partial charge in [0.05, 0.1) is 5.56 Å².